The van der Waals surface area contributed by atoms with E-state index in [1.54, 1.807) is 4.90 Å². The first-order chi connectivity index (χ1) is 14.1. The van der Waals surface area contributed by atoms with Gasteiger partial charge in [-0.1, -0.05) is 26.8 Å². The summed E-state index contributed by atoms with van der Waals surface area (Å²) in [6.45, 7) is 18.0. The normalized spacial score (nSPS) is 17.2. The number of likely N-dealkylation sites (tertiary alicyclic amines) is 1. The molecule has 5 nitrogen and oxygen atoms in total. The number of fused-ring (bicyclic) bond motifs is 1. The molecule has 7 heteroatoms. The molecule has 0 atom stereocenters. The van der Waals surface area contributed by atoms with Gasteiger partial charge in [-0.3, -0.25) is 0 Å². The maximum atomic E-state index is 14.7. The third-order valence-corrected chi connectivity index (χ3v) is 10.7. The Labute approximate surface area is 186 Å². The van der Waals surface area contributed by atoms with Gasteiger partial charge in [-0.25, -0.2) is 9.18 Å². The summed E-state index contributed by atoms with van der Waals surface area (Å²) in [6, 6.07) is 3.33. The molecule has 1 amide bonds. The summed E-state index contributed by atoms with van der Waals surface area (Å²) in [7, 11) is -1.85. The molecule has 172 valence electrons. The molecule has 3 rings (SSSR count). The quantitative estimate of drug-likeness (QED) is 0.534. The largest absolute Gasteiger partial charge is 0.487 e. The lowest BCUT2D eigenvalue weighted by Gasteiger charge is -2.39. The zero-order valence-electron chi connectivity index (χ0n) is 20.1. The van der Waals surface area contributed by atoms with E-state index in [2.05, 4.69) is 33.9 Å². The van der Waals surface area contributed by atoms with Gasteiger partial charge in [0.1, 0.15) is 23.3 Å². The third-order valence-electron chi connectivity index (χ3n) is 6.19. The summed E-state index contributed by atoms with van der Waals surface area (Å²) in [6.07, 6.45) is 2.09. The van der Waals surface area contributed by atoms with E-state index in [-0.39, 0.29) is 23.1 Å². The standard InChI is InChI=1S/C24H36FNO4Si/c1-23(2,3)30-22(27)26-13-19(14-26)29-18-11-17-9-16(10-20(17)21(25)12-18)15-28-31(7,8)24(4,5)6/h9,11-12,19H,10,13-15H2,1-8H3. The molecule has 1 saturated heterocycles. The lowest BCUT2D eigenvalue weighted by molar-refractivity contribution is -0.0222. The van der Waals surface area contributed by atoms with Crippen molar-refractivity contribution >= 4 is 20.5 Å². The number of rotatable bonds is 5. The molecule has 1 fully saturated rings. The minimum atomic E-state index is -1.85. The summed E-state index contributed by atoms with van der Waals surface area (Å²) in [5, 5.41) is 0.140. The summed E-state index contributed by atoms with van der Waals surface area (Å²) in [5.41, 5.74) is 2.12. The van der Waals surface area contributed by atoms with Crippen LogP contribution >= 0.6 is 0 Å². The fourth-order valence-electron chi connectivity index (χ4n) is 3.28. The average Bonchev–Trinajstić information content (AvgIpc) is 2.97. The minimum Gasteiger partial charge on any atom is -0.487 e. The molecule has 0 aromatic heterocycles. The molecule has 1 aliphatic heterocycles. The molecule has 0 spiro atoms. The molecule has 31 heavy (non-hydrogen) atoms. The number of nitrogens with zero attached hydrogens (tertiary/aromatic N) is 1. The number of ether oxygens (including phenoxy) is 2. The number of amides is 1. The van der Waals surface area contributed by atoms with Crippen molar-refractivity contribution in [2.45, 2.75) is 77.8 Å². The highest BCUT2D eigenvalue weighted by Crippen LogP contribution is 2.38. The molecular formula is C24H36FNO4Si. The smallest absolute Gasteiger partial charge is 0.410 e. The Kier molecular flexibility index (Phi) is 6.33. The van der Waals surface area contributed by atoms with Gasteiger partial charge < -0.3 is 18.8 Å². The van der Waals surface area contributed by atoms with Crippen LogP contribution in [0.4, 0.5) is 9.18 Å². The summed E-state index contributed by atoms with van der Waals surface area (Å²) in [4.78, 5) is 13.6. The second-order valence-electron chi connectivity index (χ2n) is 11.1. The van der Waals surface area contributed by atoms with E-state index in [0.717, 1.165) is 11.1 Å². The van der Waals surface area contributed by atoms with Crippen molar-refractivity contribution in [3.63, 3.8) is 0 Å². The fraction of sp³-hybridized carbons (Fsp3) is 0.625. The lowest BCUT2D eigenvalue weighted by atomic mass is 10.1. The zero-order valence-corrected chi connectivity index (χ0v) is 21.1. The van der Waals surface area contributed by atoms with E-state index in [0.29, 0.717) is 37.4 Å². The Balaban J connectivity index is 1.58. The Bertz CT molecular complexity index is 877. The van der Waals surface area contributed by atoms with E-state index < -0.39 is 13.9 Å². The monoisotopic (exact) mass is 449 g/mol. The molecule has 1 heterocycles. The Hall–Kier alpha value is -1.86. The number of halogens is 1. The van der Waals surface area contributed by atoms with Gasteiger partial charge in [0.2, 0.25) is 0 Å². The zero-order chi connectivity index (χ0) is 23.2. The van der Waals surface area contributed by atoms with Crippen molar-refractivity contribution in [1.29, 1.82) is 0 Å². The van der Waals surface area contributed by atoms with Crippen molar-refractivity contribution in [2.75, 3.05) is 19.7 Å². The molecule has 1 aliphatic carbocycles. The van der Waals surface area contributed by atoms with Gasteiger partial charge >= 0.3 is 6.09 Å². The Morgan fingerprint density at radius 2 is 1.81 bits per heavy atom. The third kappa shape index (κ3) is 5.69. The maximum absolute atomic E-state index is 14.7. The van der Waals surface area contributed by atoms with Crippen LogP contribution in [0.25, 0.3) is 6.08 Å². The van der Waals surface area contributed by atoms with Crippen LogP contribution in [0.5, 0.6) is 5.75 Å². The second kappa shape index (κ2) is 8.24. The second-order valence-corrected chi connectivity index (χ2v) is 15.9. The molecule has 0 bridgehead atoms. The van der Waals surface area contributed by atoms with E-state index >= 15 is 0 Å². The van der Waals surface area contributed by atoms with Crippen molar-refractivity contribution in [3.05, 3.63) is 34.6 Å². The van der Waals surface area contributed by atoms with Crippen LogP contribution in [0.15, 0.2) is 17.7 Å². The first kappa shape index (κ1) is 23.8. The molecule has 1 aromatic rings. The number of carbonyl (C=O) groups is 1. The highest BCUT2D eigenvalue weighted by molar-refractivity contribution is 6.74. The lowest BCUT2D eigenvalue weighted by Crippen LogP contribution is -2.57. The van der Waals surface area contributed by atoms with E-state index in [9.17, 15) is 9.18 Å². The summed E-state index contributed by atoms with van der Waals surface area (Å²) < 4.78 is 32.3. The number of hydrogen-bond donors (Lipinski definition) is 0. The molecule has 0 N–H and O–H groups in total. The molecule has 0 unspecified atom stereocenters. The van der Waals surface area contributed by atoms with Gasteiger partial charge in [0, 0.05) is 6.07 Å². The topological polar surface area (TPSA) is 48.0 Å². The fourth-order valence-corrected chi connectivity index (χ4v) is 4.26. The van der Waals surface area contributed by atoms with Crippen molar-refractivity contribution < 1.29 is 23.1 Å². The number of hydrogen-bond acceptors (Lipinski definition) is 4. The van der Waals surface area contributed by atoms with E-state index in [1.165, 1.54) is 6.07 Å². The summed E-state index contributed by atoms with van der Waals surface area (Å²) in [5.74, 6) is 0.238. The van der Waals surface area contributed by atoms with Crippen LogP contribution in [-0.4, -0.2) is 50.7 Å². The van der Waals surface area contributed by atoms with Gasteiger partial charge in [0.15, 0.2) is 8.32 Å². The molecular weight excluding hydrogens is 413 g/mol. The Morgan fingerprint density at radius 1 is 1.16 bits per heavy atom. The number of benzene rings is 1. The molecule has 0 saturated carbocycles. The first-order valence-electron chi connectivity index (χ1n) is 10.9. The van der Waals surface area contributed by atoms with Crippen LogP contribution < -0.4 is 4.74 Å². The van der Waals surface area contributed by atoms with Crippen LogP contribution in [-0.2, 0) is 15.6 Å². The van der Waals surface area contributed by atoms with Crippen LogP contribution in [0.1, 0.15) is 52.7 Å². The van der Waals surface area contributed by atoms with Gasteiger partial charge in [0.25, 0.3) is 0 Å². The first-order valence-corrected chi connectivity index (χ1v) is 13.9. The predicted octanol–water partition coefficient (Wildman–Crippen LogP) is 5.79. The van der Waals surface area contributed by atoms with E-state index in [4.69, 9.17) is 13.9 Å². The molecule has 2 aliphatic rings. The van der Waals surface area contributed by atoms with Crippen LogP contribution in [0, 0.1) is 5.82 Å². The highest BCUT2D eigenvalue weighted by atomic mass is 28.4. The average molecular weight is 450 g/mol. The van der Waals surface area contributed by atoms with Crippen molar-refractivity contribution in [3.8, 4) is 5.75 Å². The molecule has 0 radical (unpaired) electrons. The maximum Gasteiger partial charge on any atom is 0.410 e. The molecule has 1 aromatic carbocycles. The van der Waals surface area contributed by atoms with Gasteiger partial charge in [0.05, 0.1) is 19.7 Å². The van der Waals surface area contributed by atoms with Gasteiger partial charge in [-0.05, 0) is 68.1 Å². The van der Waals surface area contributed by atoms with Crippen molar-refractivity contribution in [2.24, 2.45) is 0 Å². The van der Waals surface area contributed by atoms with Gasteiger partial charge in [-0.15, -0.1) is 0 Å². The van der Waals surface area contributed by atoms with Gasteiger partial charge in [-0.2, -0.15) is 0 Å². The van der Waals surface area contributed by atoms with Crippen LogP contribution in [0.2, 0.25) is 18.1 Å². The van der Waals surface area contributed by atoms with Crippen molar-refractivity contribution in [1.82, 2.24) is 4.90 Å². The SMILES string of the molecule is CC(C)(C)OC(=O)N1CC(Oc2cc(F)c3c(c2)C=C(CO[Si](C)(C)C(C)(C)C)C3)C1. The minimum absolute atomic E-state index is 0.140. The highest BCUT2D eigenvalue weighted by Gasteiger charge is 2.38. The number of carbonyl (C=O) groups excluding carboxylic acids is 1. The Morgan fingerprint density at radius 3 is 2.39 bits per heavy atom. The summed E-state index contributed by atoms with van der Waals surface area (Å²) >= 11 is 0. The van der Waals surface area contributed by atoms with Crippen LogP contribution in [0.3, 0.4) is 0 Å². The predicted molar refractivity (Wildman–Crippen MR) is 123 cm³/mol. The van der Waals surface area contributed by atoms with E-state index in [1.807, 2.05) is 32.9 Å².